The molecule has 1 aliphatic rings. The summed E-state index contributed by atoms with van der Waals surface area (Å²) in [7, 11) is 0. The fourth-order valence-corrected chi connectivity index (χ4v) is 3.52. The molecule has 0 aliphatic carbocycles. The zero-order valence-electron chi connectivity index (χ0n) is 13.0. The molecule has 19 heavy (non-hydrogen) atoms. The van der Waals surface area contributed by atoms with Crippen LogP contribution >= 0.6 is 11.9 Å². The fourth-order valence-electron chi connectivity index (χ4n) is 2.65. The molecule has 1 nitrogen and oxygen atoms in total. The van der Waals surface area contributed by atoms with Gasteiger partial charge < -0.3 is 4.31 Å². The second kappa shape index (κ2) is 9.52. The fraction of sp³-hybridized carbons (Fsp3) is 0.765. The van der Waals surface area contributed by atoms with Crippen molar-refractivity contribution in [3.8, 4) is 0 Å². The first-order valence-electron chi connectivity index (χ1n) is 8.02. The Morgan fingerprint density at radius 1 is 0.895 bits per heavy atom. The van der Waals surface area contributed by atoms with E-state index in [-0.39, 0.29) is 0 Å². The predicted molar refractivity (Wildman–Crippen MR) is 89.0 cm³/mol. The molecule has 0 amide bonds. The first kappa shape index (κ1) is 16.7. The van der Waals surface area contributed by atoms with E-state index in [1.165, 1.54) is 57.8 Å². The highest BCUT2D eigenvalue weighted by atomic mass is 32.2. The maximum Gasteiger partial charge on any atom is 0.0483 e. The van der Waals surface area contributed by atoms with E-state index < -0.39 is 0 Å². The van der Waals surface area contributed by atoms with E-state index in [4.69, 9.17) is 0 Å². The lowest BCUT2D eigenvalue weighted by atomic mass is 9.88. The van der Waals surface area contributed by atoms with Gasteiger partial charge in [-0.05, 0) is 43.2 Å². The molecule has 0 bridgehead atoms. The van der Waals surface area contributed by atoms with Crippen LogP contribution in [0.3, 0.4) is 0 Å². The second-order valence-electron chi connectivity index (χ2n) is 5.87. The van der Waals surface area contributed by atoms with Gasteiger partial charge in [-0.3, -0.25) is 0 Å². The SMILES string of the molecule is CCCCCCC(C)(CCCCC)N1C=CC=CS1. The molecule has 1 unspecified atom stereocenters. The van der Waals surface area contributed by atoms with Gasteiger partial charge in [-0.25, -0.2) is 0 Å². The Bertz CT molecular complexity index is 285. The smallest absolute Gasteiger partial charge is 0.0483 e. The zero-order chi connectivity index (χ0) is 14.0. The van der Waals surface area contributed by atoms with Gasteiger partial charge in [0.1, 0.15) is 0 Å². The Balaban J connectivity index is 2.50. The summed E-state index contributed by atoms with van der Waals surface area (Å²) in [6.45, 7) is 7.02. The average molecular weight is 282 g/mol. The molecule has 2 heteroatoms. The van der Waals surface area contributed by atoms with Gasteiger partial charge >= 0.3 is 0 Å². The lowest BCUT2D eigenvalue weighted by Gasteiger charge is -2.40. The van der Waals surface area contributed by atoms with Gasteiger partial charge in [0.15, 0.2) is 0 Å². The second-order valence-corrected chi connectivity index (χ2v) is 6.74. The van der Waals surface area contributed by atoms with Crippen LogP contribution in [0.25, 0.3) is 0 Å². The van der Waals surface area contributed by atoms with E-state index in [9.17, 15) is 0 Å². The van der Waals surface area contributed by atoms with Crippen LogP contribution in [0, 0.1) is 0 Å². The van der Waals surface area contributed by atoms with E-state index in [1.807, 2.05) is 11.9 Å². The van der Waals surface area contributed by atoms with Crippen molar-refractivity contribution in [2.45, 2.75) is 84.1 Å². The van der Waals surface area contributed by atoms with E-state index in [0.29, 0.717) is 5.54 Å². The van der Waals surface area contributed by atoms with Crippen LogP contribution in [0.2, 0.25) is 0 Å². The van der Waals surface area contributed by atoms with Gasteiger partial charge in [-0.2, -0.15) is 0 Å². The van der Waals surface area contributed by atoms with Crippen molar-refractivity contribution in [1.82, 2.24) is 4.31 Å². The van der Waals surface area contributed by atoms with Gasteiger partial charge in [-0.1, -0.05) is 64.9 Å². The van der Waals surface area contributed by atoms with E-state index in [1.54, 1.807) is 0 Å². The summed E-state index contributed by atoms with van der Waals surface area (Å²) < 4.78 is 2.48. The summed E-state index contributed by atoms with van der Waals surface area (Å²) in [6, 6.07) is 0. The van der Waals surface area contributed by atoms with Crippen LogP contribution < -0.4 is 0 Å². The molecule has 0 saturated heterocycles. The minimum Gasteiger partial charge on any atom is -0.314 e. The van der Waals surface area contributed by atoms with Crippen molar-refractivity contribution in [3.05, 3.63) is 23.8 Å². The summed E-state index contributed by atoms with van der Waals surface area (Å²) in [5.74, 6) is 0. The topological polar surface area (TPSA) is 3.24 Å². The molecule has 110 valence electrons. The Labute approximate surface area is 124 Å². The highest BCUT2D eigenvalue weighted by Crippen LogP contribution is 2.36. The van der Waals surface area contributed by atoms with Crippen LogP contribution in [-0.4, -0.2) is 9.84 Å². The molecule has 0 fully saturated rings. The number of rotatable bonds is 10. The lowest BCUT2D eigenvalue weighted by molar-refractivity contribution is 0.231. The van der Waals surface area contributed by atoms with Crippen LogP contribution in [-0.2, 0) is 0 Å². The molecule has 0 aromatic rings. The highest BCUT2D eigenvalue weighted by molar-refractivity contribution is 8.00. The molecule has 0 aromatic heterocycles. The molecule has 0 N–H and O–H groups in total. The average Bonchev–Trinajstić information content (AvgIpc) is 2.45. The largest absolute Gasteiger partial charge is 0.314 e. The van der Waals surface area contributed by atoms with Gasteiger partial charge in [0, 0.05) is 11.7 Å². The molecule has 1 atom stereocenters. The molecule has 1 heterocycles. The third-order valence-corrected chi connectivity index (χ3v) is 5.07. The van der Waals surface area contributed by atoms with Crippen molar-refractivity contribution in [1.29, 1.82) is 0 Å². The van der Waals surface area contributed by atoms with Crippen LogP contribution in [0.15, 0.2) is 23.8 Å². The van der Waals surface area contributed by atoms with Crippen molar-refractivity contribution in [2.24, 2.45) is 0 Å². The number of hydrogen-bond acceptors (Lipinski definition) is 2. The van der Waals surface area contributed by atoms with Crippen LogP contribution in [0.5, 0.6) is 0 Å². The normalized spacial score (nSPS) is 17.7. The minimum atomic E-state index is 0.328. The number of hydrogen-bond donors (Lipinski definition) is 0. The number of unbranched alkanes of at least 4 members (excludes halogenated alkanes) is 5. The monoisotopic (exact) mass is 281 g/mol. The third-order valence-electron chi connectivity index (χ3n) is 4.01. The Hall–Kier alpha value is -0.370. The standard InChI is InChI=1S/C17H31NS/c1-4-6-8-10-14-17(3,13-9-7-5-2)18-15-11-12-16-19-18/h11-12,15-16H,4-10,13-14H2,1-3H3. The Morgan fingerprint density at radius 3 is 2.11 bits per heavy atom. The third kappa shape index (κ3) is 6.07. The first-order chi connectivity index (χ1) is 9.23. The summed E-state index contributed by atoms with van der Waals surface area (Å²) >= 11 is 1.86. The number of allylic oxidation sites excluding steroid dienone is 2. The van der Waals surface area contributed by atoms with Crippen molar-refractivity contribution in [2.75, 3.05) is 0 Å². The summed E-state index contributed by atoms with van der Waals surface area (Å²) in [6.07, 6.45) is 18.7. The van der Waals surface area contributed by atoms with Gasteiger partial charge in [-0.15, -0.1) is 0 Å². The Morgan fingerprint density at radius 2 is 1.53 bits per heavy atom. The van der Waals surface area contributed by atoms with Gasteiger partial charge in [0.05, 0.1) is 0 Å². The van der Waals surface area contributed by atoms with Crippen molar-refractivity contribution < 1.29 is 0 Å². The Kier molecular flexibility index (Phi) is 8.36. The maximum absolute atomic E-state index is 2.48. The van der Waals surface area contributed by atoms with Gasteiger partial charge in [0.25, 0.3) is 0 Å². The van der Waals surface area contributed by atoms with Crippen molar-refractivity contribution >= 4 is 11.9 Å². The zero-order valence-corrected chi connectivity index (χ0v) is 13.8. The minimum absolute atomic E-state index is 0.328. The number of nitrogens with zero attached hydrogens (tertiary/aromatic N) is 1. The molecular weight excluding hydrogens is 250 g/mol. The van der Waals surface area contributed by atoms with Crippen LogP contribution in [0.4, 0.5) is 0 Å². The molecular formula is C17H31NS. The summed E-state index contributed by atoms with van der Waals surface area (Å²) in [4.78, 5) is 0. The molecule has 0 saturated carbocycles. The molecule has 1 aliphatic heterocycles. The van der Waals surface area contributed by atoms with Gasteiger partial charge in [0.2, 0.25) is 0 Å². The molecule has 0 radical (unpaired) electrons. The maximum atomic E-state index is 2.48. The first-order valence-corrected chi connectivity index (χ1v) is 8.86. The lowest BCUT2D eigenvalue weighted by Crippen LogP contribution is -2.39. The molecule has 0 spiro atoms. The van der Waals surface area contributed by atoms with E-state index >= 15 is 0 Å². The molecule has 1 rings (SSSR count). The van der Waals surface area contributed by atoms with E-state index in [0.717, 1.165) is 0 Å². The summed E-state index contributed by atoms with van der Waals surface area (Å²) in [5.41, 5.74) is 0.328. The van der Waals surface area contributed by atoms with Crippen LogP contribution in [0.1, 0.15) is 78.6 Å². The highest BCUT2D eigenvalue weighted by Gasteiger charge is 2.29. The quantitative estimate of drug-likeness (QED) is 0.342. The van der Waals surface area contributed by atoms with E-state index in [2.05, 4.69) is 48.8 Å². The summed E-state index contributed by atoms with van der Waals surface area (Å²) in [5, 5.41) is 2.20. The predicted octanol–water partition coefficient (Wildman–Crippen LogP) is 6.29. The van der Waals surface area contributed by atoms with Crippen molar-refractivity contribution in [3.63, 3.8) is 0 Å². The molecule has 0 aromatic carbocycles.